The molecule has 0 saturated carbocycles. The molecule has 8 heteroatoms. The van der Waals surface area contributed by atoms with Crippen molar-refractivity contribution in [2.24, 2.45) is 4.99 Å². The molecular weight excluding hydrogens is 516 g/mol. The van der Waals surface area contributed by atoms with Gasteiger partial charge in [-0.3, -0.25) is 9.36 Å². The van der Waals surface area contributed by atoms with Gasteiger partial charge in [0.2, 0.25) is 0 Å². The number of aromatic nitrogens is 1. The largest absolute Gasteiger partial charge is 0.480 e. The molecule has 1 aromatic heterocycles. The Hall–Kier alpha value is -3.41. The van der Waals surface area contributed by atoms with Crippen LogP contribution in [0.25, 0.3) is 6.08 Å². The van der Waals surface area contributed by atoms with Gasteiger partial charge < -0.3 is 9.47 Å². The molecule has 0 bridgehead atoms. The summed E-state index contributed by atoms with van der Waals surface area (Å²) in [4.78, 5) is 31.7. The van der Waals surface area contributed by atoms with E-state index < -0.39 is 12.0 Å². The van der Waals surface area contributed by atoms with E-state index in [0.29, 0.717) is 31.9 Å². The van der Waals surface area contributed by atoms with E-state index in [9.17, 15) is 9.59 Å². The first-order chi connectivity index (χ1) is 16.4. The molecule has 2 heterocycles. The highest BCUT2D eigenvalue weighted by atomic mass is 79.9. The standard InChI is InChI=1S/C26H21BrN2O4S/c1-4-13-33-20-12-11-19(27)14-18(20)15-21-24(30)29-23(17-9-7-6-8-10-17)22(25(31)32-5-2)16(3)28-26(29)34-21/h1,6-12,14-15,23H,5,13H2,2-3H3/b21-15-/t23-/m0/s1. The molecule has 4 rings (SSSR count). The van der Waals surface area contributed by atoms with Crippen LogP contribution in [0.2, 0.25) is 0 Å². The summed E-state index contributed by atoms with van der Waals surface area (Å²) < 4.78 is 13.8. The summed E-state index contributed by atoms with van der Waals surface area (Å²) in [7, 11) is 0. The number of rotatable bonds is 6. The number of terminal acetylenes is 1. The number of fused-ring (bicyclic) bond motifs is 1. The van der Waals surface area contributed by atoms with Gasteiger partial charge >= 0.3 is 5.97 Å². The van der Waals surface area contributed by atoms with Gasteiger partial charge in [-0.15, -0.1) is 6.42 Å². The predicted octanol–water partition coefficient (Wildman–Crippen LogP) is 3.57. The van der Waals surface area contributed by atoms with Gasteiger partial charge in [-0.2, -0.15) is 0 Å². The number of esters is 1. The van der Waals surface area contributed by atoms with Crippen LogP contribution in [0.4, 0.5) is 0 Å². The Balaban J connectivity index is 1.94. The molecule has 0 amide bonds. The van der Waals surface area contributed by atoms with Crippen molar-refractivity contribution in [1.29, 1.82) is 0 Å². The van der Waals surface area contributed by atoms with Gasteiger partial charge in [0.05, 0.1) is 28.5 Å². The van der Waals surface area contributed by atoms with E-state index in [2.05, 4.69) is 26.8 Å². The van der Waals surface area contributed by atoms with Gasteiger partial charge in [0.15, 0.2) is 4.80 Å². The van der Waals surface area contributed by atoms with Crippen molar-refractivity contribution >= 4 is 39.3 Å². The third kappa shape index (κ3) is 4.63. The summed E-state index contributed by atoms with van der Waals surface area (Å²) in [6, 6.07) is 14.3. The van der Waals surface area contributed by atoms with Gasteiger partial charge in [0, 0.05) is 10.0 Å². The number of nitrogens with zero attached hydrogens (tertiary/aromatic N) is 2. The molecule has 0 radical (unpaired) electrons. The lowest BCUT2D eigenvalue weighted by Gasteiger charge is -2.24. The van der Waals surface area contributed by atoms with E-state index in [0.717, 1.165) is 10.0 Å². The number of halogens is 1. The van der Waals surface area contributed by atoms with Crippen LogP contribution in [0.3, 0.4) is 0 Å². The Bertz CT molecular complexity index is 1500. The van der Waals surface area contributed by atoms with Crippen LogP contribution >= 0.6 is 27.3 Å². The fraction of sp³-hybridized carbons (Fsp3) is 0.192. The van der Waals surface area contributed by atoms with Crippen molar-refractivity contribution in [2.45, 2.75) is 19.9 Å². The first-order valence-corrected chi connectivity index (χ1v) is 12.2. The lowest BCUT2D eigenvalue weighted by atomic mass is 9.96. The number of hydrogen-bond donors (Lipinski definition) is 0. The van der Waals surface area contributed by atoms with Crippen LogP contribution in [0.1, 0.15) is 31.0 Å². The molecule has 0 unspecified atom stereocenters. The van der Waals surface area contributed by atoms with Crippen LogP contribution < -0.4 is 19.6 Å². The first kappa shape index (κ1) is 23.7. The van der Waals surface area contributed by atoms with E-state index in [1.54, 1.807) is 30.6 Å². The SMILES string of the molecule is C#CCOc1ccc(Br)cc1/C=c1\sc2n(c1=O)[C@@H](c1ccccc1)C(C(=O)OCC)=C(C)N=2. The minimum Gasteiger partial charge on any atom is -0.480 e. The maximum absolute atomic E-state index is 13.7. The highest BCUT2D eigenvalue weighted by Crippen LogP contribution is 2.30. The van der Waals surface area contributed by atoms with E-state index in [4.69, 9.17) is 15.9 Å². The Labute approximate surface area is 209 Å². The summed E-state index contributed by atoms with van der Waals surface area (Å²) >= 11 is 4.72. The van der Waals surface area contributed by atoms with E-state index in [1.165, 1.54) is 11.3 Å². The average molecular weight is 537 g/mol. The smallest absolute Gasteiger partial charge is 0.338 e. The summed E-state index contributed by atoms with van der Waals surface area (Å²) in [5.41, 5.74) is 2.13. The van der Waals surface area contributed by atoms with Crippen molar-refractivity contribution < 1.29 is 14.3 Å². The zero-order valence-corrected chi connectivity index (χ0v) is 21.0. The molecule has 6 nitrogen and oxygen atoms in total. The third-order valence-electron chi connectivity index (χ3n) is 5.20. The van der Waals surface area contributed by atoms with Gasteiger partial charge in [0.1, 0.15) is 12.4 Å². The second-order valence-corrected chi connectivity index (χ2v) is 9.31. The maximum atomic E-state index is 13.7. The zero-order chi connectivity index (χ0) is 24.2. The molecule has 34 heavy (non-hydrogen) atoms. The van der Waals surface area contributed by atoms with Crippen LogP contribution in [0.5, 0.6) is 5.75 Å². The van der Waals surface area contributed by atoms with Gasteiger partial charge in [-0.25, -0.2) is 9.79 Å². The fourth-order valence-corrected chi connectivity index (χ4v) is 5.18. The van der Waals surface area contributed by atoms with Crippen LogP contribution in [0, 0.1) is 12.3 Å². The van der Waals surface area contributed by atoms with Crippen LogP contribution in [-0.4, -0.2) is 23.8 Å². The van der Waals surface area contributed by atoms with E-state index in [1.807, 2.05) is 42.5 Å². The van der Waals surface area contributed by atoms with Gasteiger partial charge in [-0.1, -0.05) is 63.5 Å². The topological polar surface area (TPSA) is 69.9 Å². The van der Waals surface area contributed by atoms with Crippen molar-refractivity contribution in [3.05, 3.63) is 95.1 Å². The quantitative estimate of drug-likeness (QED) is 0.356. The molecule has 1 aliphatic rings. The highest BCUT2D eigenvalue weighted by molar-refractivity contribution is 9.10. The van der Waals surface area contributed by atoms with Gasteiger partial charge in [0.25, 0.3) is 5.56 Å². The highest BCUT2D eigenvalue weighted by Gasteiger charge is 2.33. The lowest BCUT2D eigenvalue weighted by molar-refractivity contribution is -0.139. The first-order valence-electron chi connectivity index (χ1n) is 10.5. The number of benzene rings is 2. The number of carbonyl (C=O) groups excluding carboxylic acids is 1. The molecule has 2 aromatic carbocycles. The number of thiazole rings is 1. The van der Waals surface area contributed by atoms with Gasteiger partial charge in [-0.05, 0) is 43.7 Å². The average Bonchev–Trinajstić information content (AvgIpc) is 3.12. The molecule has 0 aliphatic carbocycles. The van der Waals surface area contributed by atoms with E-state index >= 15 is 0 Å². The molecule has 172 valence electrons. The second-order valence-electron chi connectivity index (χ2n) is 7.39. The minimum atomic E-state index is -0.640. The third-order valence-corrected chi connectivity index (χ3v) is 6.68. The van der Waals surface area contributed by atoms with E-state index in [-0.39, 0.29) is 18.8 Å². The van der Waals surface area contributed by atoms with Crippen LogP contribution in [0.15, 0.2) is 74.1 Å². The monoisotopic (exact) mass is 536 g/mol. The Morgan fingerprint density at radius 1 is 1.29 bits per heavy atom. The Kier molecular flexibility index (Phi) is 7.15. The lowest BCUT2D eigenvalue weighted by Crippen LogP contribution is -2.39. The summed E-state index contributed by atoms with van der Waals surface area (Å²) in [5.74, 6) is 2.53. The summed E-state index contributed by atoms with van der Waals surface area (Å²) in [5, 5.41) is 0. The normalized spacial score (nSPS) is 15.4. The molecule has 3 aromatic rings. The van der Waals surface area contributed by atoms with Crippen molar-refractivity contribution in [3.8, 4) is 18.1 Å². The maximum Gasteiger partial charge on any atom is 0.338 e. The number of carbonyl (C=O) groups is 1. The Morgan fingerprint density at radius 2 is 2.06 bits per heavy atom. The summed E-state index contributed by atoms with van der Waals surface area (Å²) in [6.45, 7) is 3.85. The molecule has 1 aliphatic heterocycles. The predicted molar refractivity (Wildman–Crippen MR) is 135 cm³/mol. The second kappa shape index (κ2) is 10.2. The van der Waals surface area contributed by atoms with Crippen LogP contribution in [-0.2, 0) is 9.53 Å². The molecular formula is C26H21BrN2O4S. The van der Waals surface area contributed by atoms with Crippen molar-refractivity contribution in [2.75, 3.05) is 13.2 Å². The molecule has 0 N–H and O–H groups in total. The summed E-state index contributed by atoms with van der Waals surface area (Å²) in [6.07, 6.45) is 7.10. The molecule has 0 saturated heterocycles. The van der Waals surface area contributed by atoms with Crippen molar-refractivity contribution in [3.63, 3.8) is 0 Å². The molecule has 0 spiro atoms. The minimum absolute atomic E-state index is 0.111. The molecule has 1 atom stereocenters. The van der Waals surface area contributed by atoms with Crippen molar-refractivity contribution in [1.82, 2.24) is 4.57 Å². The fourth-order valence-electron chi connectivity index (χ4n) is 3.77. The number of ether oxygens (including phenoxy) is 2. The Morgan fingerprint density at radius 3 is 2.76 bits per heavy atom. The number of hydrogen-bond acceptors (Lipinski definition) is 6. The molecule has 0 fully saturated rings. The number of allylic oxidation sites excluding steroid dienone is 1. The zero-order valence-electron chi connectivity index (χ0n) is 18.6.